The molecule has 0 unspecified atom stereocenters. The third-order valence-corrected chi connectivity index (χ3v) is 2.98. The lowest BCUT2D eigenvalue weighted by Gasteiger charge is -2.11. The van der Waals surface area contributed by atoms with Gasteiger partial charge in [-0.2, -0.15) is 0 Å². The van der Waals surface area contributed by atoms with Crippen molar-refractivity contribution in [3.63, 3.8) is 0 Å². The molecule has 0 aliphatic heterocycles. The second-order valence-electron chi connectivity index (χ2n) is 4.95. The van der Waals surface area contributed by atoms with Gasteiger partial charge in [-0.25, -0.2) is 9.37 Å². The Hall–Kier alpha value is -1.55. The number of benzene rings is 1. The van der Waals surface area contributed by atoms with Crippen LogP contribution in [-0.4, -0.2) is 16.1 Å². The van der Waals surface area contributed by atoms with Gasteiger partial charge in [0.2, 0.25) is 5.95 Å². The minimum Gasteiger partial charge on any atom is -0.355 e. The Morgan fingerprint density at radius 3 is 2.79 bits per heavy atom. The number of halogens is 2. The standard InChI is InChI=1S/C14H17ClFN3/c1-9(2)7-17-14-18-10(3)8-19(14)11-4-5-12(15)13(16)6-11/h4-6,8-9H,7H2,1-3H3,(H,17,18). The Kier molecular flexibility index (Phi) is 4.10. The van der Waals surface area contributed by atoms with Crippen LogP contribution in [-0.2, 0) is 0 Å². The van der Waals surface area contributed by atoms with Crippen LogP contribution >= 0.6 is 11.6 Å². The number of nitrogens with zero attached hydrogens (tertiary/aromatic N) is 2. The quantitative estimate of drug-likeness (QED) is 0.916. The van der Waals surface area contributed by atoms with Gasteiger partial charge in [0.15, 0.2) is 0 Å². The Morgan fingerprint density at radius 1 is 1.42 bits per heavy atom. The number of imidazole rings is 1. The Balaban J connectivity index is 2.35. The van der Waals surface area contributed by atoms with Crippen LogP contribution in [0.3, 0.4) is 0 Å². The third-order valence-electron chi connectivity index (χ3n) is 2.68. The van der Waals surface area contributed by atoms with Crippen molar-refractivity contribution in [1.29, 1.82) is 0 Å². The average Bonchev–Trinajstić information content (AvgIpc) is 2.71. The Labute approximate surface area is 117 Å². The number of aromatic nitrogens is 2. The van der Waals surface area contributed by atoms with E-state index in [0.717, 1.165) is 12.2 Å². The van der Waals surface area contributed by atoms with Crippen LogP contribution in [0.5, 0.6) is 0 Å². The van der Waals surface area contributed by atoms with Crippen molar-refractivity contribution in [1.82, 2.24) is 9.55 Å². The third kappa shape index (κ3) is 3.26. The van der Waals surface area contributed by atoms with Crippen LogP contribution in [0.15, 0.2) is 24.4 Å². The van der Waals surface area contributed by atoms with Crippen molar-refractivity contribution in [2.45, 2.75) is 20.8 Å². The van der Waals surface area contributed by atoms with E-state index in [4.69, 9.17) is 11.6 Å². The molecule has 1 N–H and O–H groups in total. The van der Waals surface area contributed by atoms with Gasteiger partial charge >= 0.3 is 0 Å². The summed E-state index contributed by atoms with van der Waals surface area (Å²) in [6.07, 6.45) is 1.87. The molecule has 0 atom stereocenters. The molecule has 0 bridgehead atoms. The summed E-state index contributed by atoms with van der Waals surface area (Å²) in [4.78, 5) is 4.41. The summed E-state index contributed by atoms with van der Waals surface area (Å²) >= 11 is 5.70. The molecule has 0 aliphatic carbocycles. The summed E-state index contributed by atoms with van der Waals surface area (Å²) in [5, 5.41) is 3.38. The van der Waals surface area contributed by atoms with E-state index in [1.165, 1.54) is 6.07 Å². The minimum absolute atomic E-state index is 0.122. The fraction of sp³-hybridized carbons (Fsp3) is 0.357. The highest BCUT2D eigenvalue weighted by Crippen LogP contribution is 2.21. The summed E-state index contributed by atoms with van der Waals surface area (Å²) in [7, 11) is 0. The molecule has 0 saturated carbocycles. The van der Waals surface area contributed by atoms with E-state index in [1.807, 2.05) is 17.7 Å². The van der Waals surface area contributed by atoms with Crippen molar-refractivity contribution in [3.05, 3.63) is 40.9 Å². The predicted octanol–water partition coefficient (Wildman–Crippen LogP) is 4.04. The molecular formula is C14H17ClFN3. The number of hydrogen-bond acceptors (Lipinski definition) is 2. The first-order valence-electron chi connectivity index (χ1n) is 6.22. The highest BCUT2D eigenvalue weighted by molar-refractivity contribution is 6.30. The molecule has 5 heteroatoms. The normalized spacial score (nSPS) is 11.1. The van der Waals surface area contributed by atoms with Gasteiger partial charge < -0.3 is 5.32 Å². The number of aryl methyl sites for hydroxylation is 1. The molecule has 1 aromatic carbocycles. The van der Waals surface area contributed by atoms with Crippen LogP contribution in [0.25, 0.3) is 5.69 Å². The van der Waals surface area contributed by atoms with Gasteiger partial charge in [-0.15, -0.1) is 0 Å². The Bertz CT molecular complexity index is 578. The molecule has 1 heterocycles. The second kappa shape index (κ2) is 5.61. The molecule has 0 fully saturated rings. The SMILES string of the molecule is Cc1cn(-c2ccc(Cl)c(F)c2)c(NCC(C)C)n1. The van der Waals surface area contributed by atoms with Crippen molar-refractivity contribution in [3.8, 4) is 5.69 Å². The summed E-state index contributed by atoms with van der Waals surface area (Å²) in [5.41, 5.74) is 1.58. The maximum atomic E-state index is 13.5. The van der Waals surface area contributed by atoms with E-state index < -0.39 is 5.82 Å². The minimum atomic E-state index is -0.430. The molecule has 19 heavy (non-hydrogen) atoms. The Morgan fingerprint density at radius 2 is 2.16 bits per heavy atom. The van der Waals surface area contributed by atoms with Gasteiger partial charge in [0.25, 0.3) is 0 Å². The van der Waals surface area contributed by atoms with Crippen LogP contribution in [0.2, 0.25) is 5.02 Å². The number of rotatable bonds is 4. The highest BCUT2D eigenvalue weighted by atomic mass is 35.5. The molecule has 0 amide bonds. The molecule has 0 aliphatic rings. The highest BCUT2D eigenvalue weighted by Gasteiger charge is 2.09. The van der Waals surface area contributed by atoms with Crippen LogP contribution in [0.1, 0.15) is 19.5 Å². The monoisotopic (exact) mass is 281 g/mol. The lowest BCUT2D eigenvalue weighted by atomic mass is 10.2. The van der Waals surface area contributed by atoms with E-state index in [0.29, 0.717) is 17.6 Å². The zero-order valence-corrected chi connectivity index (χ0v) is 12.0. The zero-order chi connectivity index (χ0) is 14.0. The molecule has 2 rings (SSSR count). The molecule has 1 aromatic heterocycles. The fourth-order valence-corrected chi connectivity index (χ4v) is 1.87. The first-order valence-corrected chi connectivity index (χ1v) is 6.60. The number of nitrogens with one attached hydrogen (secondary N) is 1. The summed E-state index contributed by atoms with van der Waals surface area (Å²) in [5.74, 6) is 0.792. The molecule has 0 radical (unpaired) electrons. The summed E-state index contributed by atoms with van der Waals surface area (Å²) < 4.78 is 15.4. The van der Waals surface area contributed by atoms with Crippen LogP contribution in [0.4, 0.5) is 10.3 Å². The summed E-state index contributed by atoms with van der Waals surface area (Å²) in [6.45, 7) is 6.96. The lowest BCUT2D eigenvalue weighted by molar-refractivity contribution is 0.627. The second-order valence-corrected chi connectivity index (χ2v) is 5.36. The average molecular weight is 282 g/mol. The molecular weight excluding hydrogens is 265 g/mol. The smallest absolute Gasteiger partial charge is 0.207 e. The largest absolute Gasteiger partial charge is 0.355 e. The number of anilines is 1. The van der Waals surface area contributed by atoms with Crippen LogP contribution < -0.4 is 5.32 Å². The zero-order valence-electron chi connectivity index (χ0n) is 11.2. The molecule has 0 spiro atoms. The molecule has 3 nitrogen and oxygen atoms in total. The lowest BCUT2D eigenvalue weighted by Crippen LogP contribution is -2.12. The van der Waals surface area contributed by atoms with E-state index in [2.05, 4.69) is 24.1 Å². The van der Waals surface area contributed by atoms with Crippen molar-refractivity contribution >= 4 is 17.5 Å². The van der Waals surface area contributed by atoms with Gasteiger partial charge in [0, 0.05) is 12.7 Å². The van der Waals surface area contributed by atoms with E-state index in [-0.39, 0.29) is 5.02 Å². The maximum Gasteiger partial charge on any atom is 0.207 e. The van der Waals surface area contributed by atoms with Gasteiger partial charge in [-0.1, -0.05) is 25.4 Å². The first-order chi connectivity index (χ1) is 8.97. The van der Waals surface area contributed by atoms with Gasteiger partial charge in [0.05, 0.1) is 16.4 Å². The van der Waals surface area contributed by atoms with Gasteiger partial charge in [0.1, 0.15) is 5.82 Å². The van der Waals surface area contributed by atoms with E-state index in [1.54, 1.807) is 12.1 Å². The summed E-state index contributed by atoms with van der Waals surface area (Å²) in [6, 6.07) is 4.73. The molecule has 2 aromatic rings. The van der Waals surface area contributed by atoms with E-state index >= 15 is 0 Å². The fourth-order valence-electron chi connectivity index (χ4n) is 1.75. The maximum absolute atomic E-state index is 13.5. The van der Waals surface area contributed by atoms with Crippen molar-refractivity contribution in [2.75, 3.05) is 11.9 Å². The first kappa shape index (κ1) is 13.9. The van der Waals surface area contributed by atoms with Crippen molar-refractivity contribution in [2.24, 2.45) is 5.92 Å². The number of hydrogen-bond donors (Lipinski definition) is 1. The molecule has 0 saturated heterocycles. The van der Waals surface area contributed by atoms with Gasteiger partial charge in [-0.05, 0) is 31.0 Å². The van der Waals surface area contributed by atoms with Crippen LogP contribution in [0, 0.1) is 18.7 Å². The predicted molar refractivity (Wildman–Crippen MR) is 76.6 cm³/mol. The van der Waals surface area contributed by atoms with E-state index in [9.17, 15) is 4.39 Å². The molecule has 102 valence electrons. The van der Waals surface area contributed by atoms with Gasteiger partial charge in [-0.3, -0.25) is 4.57 Å². The topological polar surface area (TPSA) is 29.9 Å². The van der Waals surface area contributed by atoms with Crippen molar-refractivity contribution < 1.29 is 4.39 Å².